The van der Waals surface area contributed by atoms with E-state index in [9.17, 15) is 5.11 Å². The van der Waals surface area contributed by atoms with Gasteiger partial charge in [0.05, 0.1) is 6.10 Å². The first-order valence-corrected chi connectivity index (χ1v) is 6.51. The Bertz CT molecular complexity index is 318. The minimum atomic E-state index is -0.391. The summed E-state index contributed by atoms with van der Waals surface area (Å²) in [6, 6.07) is 8.80. The van der Waals surface area contributed by atoms with Crippen LogP contribution in [-0.2, 0) is 6.42 Å². The van der Waals surface area contributed by atoms with E-state index >= 15 is 0 Å². The summed E-state index contributed by atoms with van der Waals surface area (Å²) in [6.45, 7) is 7.14. The Morgan fingerprint density at radius 2 is 1.76 bits per heavy atom. The summed E-state index contributed by atoms with van der Waals surface area (Å²) < 4.78 is 0. The van der Waals surface area contributed by atoms with Crippen LogP contribution in [0, 0.1) is 0 Å². The number of hydrogen-bond acceptors (Lipinski definition) is 2. The number of rotatable bonds is 6. The van der Waals surface area contributed by atoms with Crippen LogP contribution in [0.4, 0.5) is 0 Å². The number of aryl methyl sites for hydroxylation is 1. The Kier molecular flexibility index (Phi) is 5.66. The molecule has 2 heteroatoms. The first kappa shape index (κ1) is 14.2. The van der Waals surface area contributed by atoms with Crippen molar-refractivity contribution in [3.8, 4) is 0 Å². The number of likely N-dealkylation sites (N-methyl/N-ethyl adjacent to an activating group) is 1. The van der Waals surface area contributed by atoms with E-state index in [0.717, 1.165) is 18.4 Å². The molecule has 1 rings (SSSR count). The molecule has 1 unspecified atom stereocenters. The zero-order valence-electron chi connectivity index (χ0n) is 11.5. The lowest BCUT2D eigenvalue weighted by molar-refractivity contribution is 0.112. The molecule has 0 bridgehead atoms. The molecule has 0 amide bonds. The molecule has 1 N–H and O–H groups in total. The lowest BCUT2D eigenvalue weighted by Gasteiger charge is -2.24. The van der Waals surface area contributed by atoms with Crippen molar-refractivity contribution in [1.29, 1.82) is 0 Å². The molecule has 96 valence electrons. The zero-order valence-corrected chi connectivity index (χ0v) is 11.5. The summed E-state index contributed by atoms with van der Waals surface area (Å²) in [6.07, 6.45) is 1.89. The van der Waals surface area contributed by atoms with E-state index in [-0.39, 0.29) is 0 Å². The van der Waals surface area contributed by atoms with Gasteiger partial charge in [-0.2, -0.15) is 0 Å². The predicted molar refractivity (Wildman–Crippen MR) is 73.2 cm³/mol. The number of aliphatic hydroxyl groups is 1. The summed E-state index contributed by atoms with van der Waals surface area (Å²) in [4.78, 5) is 2.16. The highest BCUT2D eigenvalue weighted by atomic mass is 16.3. The number of aliphatic hydroxyl groups excluding tert-OH is 1. The molecular weight excluding hydrogens is 210 g/mol. The third-order valence-electron chi connectivity index (χ3n) is 3.25. The molecule has 0 radical (unpaired) electrons. The van der Waals surface area contributed by atoms with Crippen LogP contribution in [0.25, 0.3) is 0 Å². The Labute approximate surface area is 105 Å². The van der Waals surface area contributed by atoms with Gasteiger partial charge in [-0.1, -0.05) is 37.6 Å². The summed E-state index contributed by atoms with van der Waals surface area (Å²) in [5.74, 6) is 0. The molecule has 1 atom stereocenters. The minimum absolute atomic E-state index is 0.391. The Hall–Kier alpha value is -0.860. The van der Waals surface area contributed by atoms with Gasteiger partial charge >= 0.3 is 0 Å². The van der Waals surface area contributed by atoms with Crippen LogP contribution in [0.15, 0.2) is 24.3 Å². The van der Waals surface area contributed by atoms with Gasteiger partial charge in [-0.3, -0.25) is 0 Å². The van der Waals surface area contributed by atoms with Crippen molar-refractivity contribution in [2.45, 2.75) is 45.8 Å². The van der Waals surface area contributed by atoms with E-state index in [1.807, 2.05) is 19.2 Å². The van der Waals surface area contributed by atoms with Crippen LogP contribution in [0.2, 0.25) is 0 Å². The largest absolute Gasteiger partial charge is 0.387 e. The standard InChI is InChI=1S/C15H25NO/c1-5-6-13-7-9-14(10-8-13)15(17)11-16(4)12(2)3/h7-10,12,15,17H,5-6,11H2,1-4H3. The maximum absolute atomic E-state index is 10.1. The first-order valence-electron chi connectivity index (χ1n) is 6.51. The van der Waals surface area contributed by atoms with Crippen molar-refractivity contribution in [2.24, 2.45) is 0 Å². The van der Waals surface area contributed by atoms with Crippen LogP contribution in [0.5, 0.6) is 0 Å². The molecule has 2 nitrogen and oxygen atoms in total. The van der Waals surface area contributed by atoms with E-state index in [0.29, 0.717) is 12.6 Å². The maximum atomic E-state index is 10.1. The van der Waals surface area contributed by atoms with Gasteiger partial charge in [0.2, 0.25) is 0 Å². The molecule has 0 spiro atoms. The Morgan fingerprint density at radius 1 is 1.18 bits per heavy atom. The monoisotopic (exact) mass is 235 g/mol. The van der Waals surface area contributed by atoms with Crippen LogP contribution in [-0.4, -0.2) is 29.6 Å². The molecule has 0 saturated carbocycles. The maximum Gasteiger partial charge on any atom is 0.0916 e. The van der Waals surface area contributed by atoms with Crippen LogP contribution in [0.1, 0.15) is 44.4 Å². The van der Waals surface area contributed by atoms with E-state index in [1.54, 1.807) is 0 Å². The molecule has 0 heterocycles. The second-order valence-corrected chi connectivity index (χ2v) is 5.04. The normalized spacial score (nSPS) is 13.4. The zero-order chi connectivity index (χ0) is 12.8. The lowest BCUT2D eigenvalue weighted by Crippen LogP contribution is -2.30. The van der Waals surface area contributed by atoms with Gasteiger partial charge < -0.3 is 10.0 Å². The second-order valence-electron chi connectivity index (χ2n) is 5.04. The van der Waals surface area contributed by atoms with Crippen molar-refractivity contribution in [1.82, 2.24) is 4.90 Å². The van der Waals surface area contributed by atoms with Crippen LogP contribution in [0.3, 0.4) is 0 Å². The fourth-order valence-electron chi connectivity index (χ4n) is 1.78. The van der Waals surface area contributed by atoms with E-state index in [2.05, 4.69) is 37.8 Å². The molecule has 0 fully saturated rings. The third-order valence-corrected chi connectivity index (χ3v) is 3.25. The quantitative estimate of drug-likeness (QED) is 0.819. The van der Waals surface area contributed by atoms with Crippen molar-refractivity contribution in [2.75, 3.05) is 13.6 Å². The summed E-state index contributed by atoms with van der Waals surface area (Å²) in [5.41, 5.74) is 2.36. The molecule has 17 heavy (non-hydrogen) atoms. The van der Waals surface area contributed by atoms with Gasteiger partial charge in [0.25, 0.3) is 0 Å². The Balaban J connectivity index is 2.60. The van der Waals surface area contributed by atoms with E-state index in [1.165, 1.54) is 5.56 Å². The second kappa shape index (κ2) is 6.77. The summed E-state index contributed by atoms with van der Waals surface area (Å²) in [7, 11) is 2.04. The molecule has 1 aromatic carbocycles. The highest BCUT2D eigenvalue weighted by Gasteiger charge is 2.12. The van der Waals surface area contributed by atoms with Gasteiger partial charge in [0.1, 0.15) is 0 Å². The molecule has 0 aliphatic rings. The summed E-state index contributed by atoms with van der Waals surface area (Å²) >= 11 is 0. The summed E-state index contributed by atoms with van der Waals surface area (Å²) in [5, 5.41) is 10.1. The average molecular weight is 235 g/mol. The smallest absolute Gasteiger partial charge is 0.0916 e. The van der Waals surface area contributed by atoms with Crippen LogP contribution >= 0.6 is 0 Å². The van der Waals surface area contributed by atoms with Gasteiger partial charge in [-0.15, -0.1) is 0 Å². The third kappa shape index (κ3) is 4.49. The van der Waals surface area contributed by atoms with E-state index < -0.39 is 6.10 Å². The molecule has 0 saturated heterocycles. The highest BCUT2D eigenvalue weighted by molar-refractivity contribution is 5.24. The number of benzene rings is 1. The van der Waals surface area contributed by atoms with Crippen LogP contribution < -0.4 is 0 Å². The van der Waals surface area contributed by atoms with Crippen molar-refractivity contribution < 1.29 is 5.11 Å². The average Bonchev–Trinajstić information content (AvgIpc) is 2.30. The van der Waals surface area contributed by atoms with Crippen molar-refractivity contribution in [3.63, 3.8) is 0 Å². The highest BCUT2D eigenvalue weighted by Crippen LogP contribution is 2.16. The van der Waals surface area contributed by atoms with E-state index in [4.69, 9.17) is 0 Å². The molecule has 1 aromatic rings. The van der Waals surface area contributed by atoms with Crippen molar-refractivity contribution >= 4 is 0 Å². The molecule has 0 aliphatic carbocycles. The fourth-order valence-corrected chi connectivity index (χ4v) is 1.78. The lowest BCUT2D eigenvalue weighted by atomic mass is 10.0. The molecule has 0 aliphatic heterocycles. The fraction of sp³-hybridized carbons (Fsp3) is 0.600. The van der Waals surface area contributed by atoms with Gasteiger partial charge in [0, 0.05) is 12.6 Å². The van der Waals surface area contributed by atoms with Gasteiger partial charge in [-0.05, 0) is 38.4 Å². The van der Waals surface area contributed by atoms with Gasteiger partial charge in [-0.25, -0.2) is 0 Å². The van der Waals surface area contributed by atoms with Gasteiger partial charge in [0.15, 0.2) is 0 Å². The first-order chi connectivity index (χ1) is 8.04. The molecular formula is C15H25NO. The number of nitrogens with zero attached hydrogens (tertiary/aromatic N) is 1. The number of hydrogen-bond donors (Lipinski definition) is 1. The predicted octanol–water partition coefficient (Wildman–Crippen LogP) is 3.01. The minimum Gasteiger partial charge on any atom is -0.387 e. The molecule has 0 aromatic heterocycles. The van der Waals surface area contributed by atoms with Crippen molar-refractivity contribution in [3.05, 3.63) is 35.4 Å². The Morgan fingerprint density at radius 3 is 2.24 bits per heavy atom. The topological polar surface area (TPSA) is 23.5 Å². The SMILES string of the molecule is CCCc1ccc(C(O)CN(C)C(C)C)cc1.